The third kappa shape index (κ3) is 3.73. The molecular weight excluding hydrogens is 362 g/mol. The summed E-state index contributed by atoms with van der Waals surface area (Å²) in [6, 6.07) is 3.63. The number of carbonyl (C=O) groups excluding carboxylic acids is 1. The first-order valence-corrected chi connectivity index (χ1v) is 9.91. The predicted molar refractivity (Wildman–Crippen MR) is 93.8 cm³/mol. The summed E-state index contributed by atoms with van der Waals surface area (Å²) in [6.45, 7) is 1.73. The molecule has 1 aromatic heterocycles. The largest absolute Gasteiger partial charge is 0.508 e. The van der Waals surface area contributed by atoms with E-state index in [1.54, 1.807) is 13.0 Å². The molecule has 2 aromatic rings. The van der Waals surface area contributed by atoms with Gasteiger partial charge in [-0.3, -0.25) is 4.79 Å². The molecular formula is C17H19NO7S. The number of phenols is 1. The van der Waals surface area contributed by atoms with Crippen LogP contribution in [0.3, 0.4) is 0 Å². The van der Waals surface area contributed by atoms with Gasteiger partial charge in [0.25, 0.3) is 0 Å². The van der Waals surface area contributed by atoms with Gasteiger partial charge < -0.3 is 19.9 Å². The van der Waals surface area contributed by atoms with Crippen molar-refractivity contribution in [3.8, 4) is 5.75 Å². The van der Waals surface area contributed by atoms with E-state index in [0.717, 1.165) is 0 Å². The second kappa shape index (κ2) is 6.73. The molecule has 1 aliphatic heterocycles. The normalized spacial score (nSPS) is 21.8. The minimum absolute atomic E-state index is 0.0164. The minimum Gasteiger partial charge on any atom is -0.508 e. The van der Waals surface area contributed by atoms with E-state index in [-0.39, 0.29) is 35.7 Å². The van der Waals surface area contributed by atoms with Gasteiger partial charge in [0.15, 0.2) is 9.84 Å². The molecule has 1 amide bonds. The Morgan fingerprint density at radius 1 is 1.35 bits per heavy atom. The van der Waals surface area contributed by atoms with Crippen molar-refractivity contribution in [2.45, 2.75) is 31.9 Å². The van der Waals surface area contributed by atoms with Crippen molar-refractivity contribution in [1.29, 1.82) is 0 Å². The Kier molecular flexibility index (Phi) is 4.76. The number of hydrogen-bond acceptors (Lipinski definition) is 7. The molecule has 8 nitrogen and oxygen atoms in total. The Morgan fingerprint density at radius 3 is 2.73 bits per heavy atom. The van der Waals surface area contributed by atoms with E-state index in [1.165, 1.54) is 12.1 Å². The second-order valence-corrected chi connectivity index (χ2v) is 8.65. The molecule has 0 aliphatic carbocycles. The van der Waals surface area contributed by atoms with Gasteiger partial charge in [0.2, 0.25) is 5.91 Å². The molecule has 1 aromatic carbocycles. The van der Waals surface area contributed by atoms with E-state index in [2.05, 4.69) is 5.32 Å². The van der Waals surface area contributed by atoms with Crippen LogP contribution in [0, 0.1) is 6.92 Å². The van der Waals surface area contributed by atoms with E-state index in [1.807, 2.05) is 0 Å². The summed E-state index contributed by atoms with van der Waals surface area (Å²) in [5, 5.41) is 22.3. The van der Waals surface area contributed by atoms with Gasteiger partial charge in [-0.25, -0.2) is 13.2 Å². The lowest BCUT2D eigenvalue weighted by Crippen LogP contribution is -2.42. The van der Waals surface area contributed by atoms with Crippen LogP contribution in [-0.4, -0.2) is 48.2 Å². The number of benzene rings is 1. The van der Waals surface area contributed by atoms with Crippen LogP contribution in [-0.2, 0) is 21.1 Å². The van der Waals surface area contributed by atoms with Crippen molar-refractivity contribution in [2.24, 2.45) is 0 Å². The lowest BCUT2D eigenvalue weighted by atomic mass is 10.0. The van der Waals surface area contributed by atoms with Crippen LogP contribution >= 0.6 is 0 Å². The smallest absolute Gasteiger partial charge is 0.339 e. The zero-order valence-corrected chi connectivity index (χ0v) is 14.9. The van der Waals surface area contributed by atoms with E-state index < -0.39 is 33.5 Å². The van der Waals surface area contributed by atoms with Crippen LogP contribution in [0.25, 0.3) is 11.0 Å². The van der Waals surface area contributed by atoms with Crippen LogP contribution < -0.4 is 10.9 Å². The molecule has 3 rings (SSSR count). The van der Waals surface area contributed by atoms with E-state index in [0.29, 0.717) is 16.5 Å². The number of phenolic OH excluding ortho intramolecular Hbond substituents is 1. The number of carbonyl (C=O) groups is 1. The Labute approximate surface area is 149 Å². The molecule has 26 heavy (non-hydrogen) atoms. The average molecular weight is 381 g/mol. The van der Waals surface area contributed by atoms with Crippen molar-refractivity contribution < 1.29 is 27.8 Å². The molecule has 0 spiro atoms. The quantitative estimate of drug-likeness (QED) is 0.635. The minimum atomic E-state index is -3.35. The van der Waals surface area contributed by atoms with Crippen molar-refractivity contribution >= 4 is 26.7 Å². The first-order chi connectivity index (χ1) is 12.2. The van der Waals surface area contributed by atoms with Gasteiger partial charge in [-0.2, -0.15) is 0 Å². The summed E-state index contributed by atoms with van der Waals surface area (Å²) in [5.74, 6) is -1.12. The van der Waals surface area contributed by atoms with E-state index in [9.17, 15) is 28.2 Å². The Hall–Kier alpha value is -2.39. The number of amides is 1. The second-order valence-electron chi connectivity index (χ2n) is 6.49. The molecule has 0 unspecified atom stereocenters. The molecule has 0 bridgehead atoms. The highest BCUT2D eigenvalue weighted by molar-refractivity contribution is 7.91. The maximum absolute atomic E-state index is 12.2. The molecule has 2 atom stereocenters. The summed E-state index contributed by atoms with van der Waals surface area (Å²) in [7, 11) is -3.35. The maximum atomic E-state index is 12.2. The lowest BCUT2D eigenvalue weighted by Gasteiger charge is -2.15. The Morgan fingerprint density at radius 2 is 2.08 bits per heavy atom. The van der Waals surface area contributed by atoms with Crippen LogP contribution in [0.15, 0.2) is 27.4 Å². The molecule has 3 N–H and O–H groups in total. The third-order valence-corrected chi connectivity index (χ3v) is 6.26. The first-order valence-electron chi connectivity index (χ1n) is 8.09. The number of aromatic hydroxyl groups is 1. The predicted octanol–water partition coefficient (Wildman–Crippen LogP) is 0.0137. The first kappa shape index (κ1) is 18.4. The van der Waals surface area contributed by atoms with E-state index in [4.69, 9.17) is 4.42 Å². The molecule has 2 heterocycles. The lowest BCUT2D eigenvalue weighted by molar-refractivity contribution is -0.122. The number of fused-ring (bicyclic) bond motifs is 1. The number of aliphatic hydroxyl groups is 1. The Bertz CT molecular complexity index is 1030. The number of nitrogens with one attached hydrogen (secondary N) is 1. The molecule has 0 saturated carbocycles. The number of sulfone groups is 1. The van der Waals surface area contributed by atoms with Crippen LogP contribution in [0.1, 0.15) is 17.5 Å². The van der Waals surface area contributed by atoms with Gasteiger partial charge >= 0.3 is 5.63 Å². The number of hydrogen-bond donors (Lipinski definition) is 3. The highest BCUT2D eigenvalue weighted by Gasteiger charge is 2.37. The third-order valence-electron chi connectivity index (χ3n) is 4.54. The fraction of sp³-hybridized carbons (Fsp3) is 0.412. The molecule has 1 aliphatic rings. The van der Waals surface area contributed by atoms with Gasteiger partial charge in [0.1, 0.15) is 11.3 Å². The standard InChI is InChI=1S/C17H19NO7S/c1-9-11-3-2-10(19)6-15(11)25-17(22)12(9)4-5-16(21)18-13-7-26(23,24)8-14(13)20/h2-3,6,13-14,19-20H,4-5,7-8H2,1H3,(H,18,21)/t13-,14+/m0/s1. The molecule has 9 heteroatoms. The average Bonchev–Trinajstić information content (AvgIpc) is 2.78. The summed E-state index contributed by atoms with van der Waals surface area (Å²) < 4.78 is 28.1. The highest BCUT2D eigenvalue weighted by Crippen LogP contribution is 2.24. The fourth-order valence-corrected chi connectivity index (χ4v) is 4.90. The van der Waals surface area contributed by atoms with Gasteiger partial charge in [-0.05, 0) is 31.0 Å². The maximum Gasteiger partial charge on any atom is 0.339 e. The van der Waals surface area contributed by atoms with Crippen molar-refractivity contribution in [1.82, 2.24) is 5.32 Å². The van der Waals surface area contributed by atoms with Gasteiger partial charge in [-0.1, -0.05) is 0 Å². The van der Waals surface area contributed by atoms with Crippen molar-refractivity contribution in [3.05, 3.63) is 39.7 Å². The Balaban J connectivity index is 1.73. The number of rotatable bonds is 4. The molecule has 1 saturated heterocycles. The summed E-state index contributed by atoms with van der Waals surface area (Å²) >= 11 is 0. The summed E-state index contributed by atoms with van der Waals surface area (Å²) in [5.41, 5.74) is 0.683. The zero-order chi connectivity index (χ0) is 19.1. The monoisotopic (exact) mass is 381 g/mol. The van der Waals surface area contributed by atoms with Gasteiger partial charge in [-0.15, -0.1) is 0 Å². The molecule has 1 fully saturated rings. The molecule has 0 radical (unpaired) electrons. The van der Waals surface area contributed by atoms with Crippen LogP contribution in [0.5, 0.6) is 5.75 Å². The van der Waals surface area contributed by atoms with Crippen molar-refractivity contribution in [2.75, 3.05) is 11.5 Å². The highest BCUT2D eigenvalue weighted by atomic mass is 32.2. The number of aryl methyl sites for hydroxylation is 1. The summed E-state index contributed by atoms with van der Waals surface area (Å²) in [6.07, 6.45) is -1.05. The van der Waals surface area contributed by atoms with Crippen LogP contribution in [0.2, 0.25) is 0 Å². The van der Waals surface area contributed by atoms with E-state index >= 15 is 0 Å². The number of aliphatic hydroxyl groups excluding tert-OH is 1. The topological polar surface area (TPSA) is 134 Å². The zero-order valence-electron chi connectivity index (χ0n) is 14.1. The van der Waals surface area contributed by atoms with Crippen LogP contribution in [0.4, 0.5) is 0 Å². The van der Waals surface area contributed by atoms with Crippen molar-refractivity contribution in [3.63, 3.8) is 0 Å². The molecule has 140 valence electrons. The SMILES string of the molecule is Cc1c(CCC(=O)N[C@H]2CS(=O)(=O)C[C@H]2O)c(=O)oc2cc(O)ccc12. The van der Waals surface area contributed by atoms with Gasteiger partial charge in [0.05, 0.1) is 23.7 Å². The van der Waals surface area contributed by atoms with Gasteiger partial charge in [0, 0.05) is 23.4 Å². The fourth-order valence-electron chi connectivity index (χ4n) is 3.16. The summed E-state index contributed by atoms with van der Waals surface area (Å²) in [4.78, 5) is 24.2.